The molecule has 106 valence electrons. The molecule has 0 saturated carbocycles. The fourth-order valence-electron chi connectivity index (χ4n) is 1.82. The Balaban J connectivity index is 2.07. The molecule has 5 heteroatoms. The molecule has 0 bridgehead atoms. The van der Waals surface area contributed by atoms with Gasteiger partial charge in [-0.15, -0.1) is 0 Å². The standard InChI is InChI=1S/C15H17NO4/c1-3-19-14-8-10(2)4-6-12(14)16-9-11-5-7-13(20-11)15(17)18/h4-8,16H,3,9H2,1-2H3,(H,17,18). The normalized spacial score (nSPS) is 10.3. The SMILES string of the molecule is CCOc1cc(C)ccc1NCc1ccc(C(=O)O)o1. The zero-order valence-electron chi connectivity index (χ0n) is 11.5. The van der Waals surface area contributed by atoms with E-state index in [1.54, 1.807) is 6.07 Å². The fourth-order valence-corrected chi connectivity index (χ4v) is 1.82. The summed E-state index contributed by atoms with van der Waals surface area (Å²) in [5.74, 6) is 0.209. The Kier molecular flexibility index (Phi) is 4.30. The molecule has 2 N–H and O–H groups in total. The molecule has 0 atom stereocenters. The zero-order valence-corrected chi connectivity index (χ0v) is 11.5. The van der Waals surface area contributed by atoms with E-state index in [1.165, 1.54) is 6.07 Å². The van der Waals surface area contributed by atoms with Crippen molar-refractivity contribution in [3.63, 3.8) is 0 Å². The first-order valence-electron chi connectivity index (χ1n) is 6.39. The van der Waals surface area contributed by atoms with Crippen LogP contribution < -0.4 is 10.1 Å². The van der Waals surface area contributed by atoms with Crippen LogP contribution in [-0.4, -0.2) is 17.7 Å². The average molecular weight is 275 g/mol. The van der Waals surface area contributed by atoms with Crippen LogP contribution in [0, 0.1) is 6.92 Å². The summed E-state index contributed by atoms with van der Waals surface area (Å²) < 4.78 is 10.7. The highest BCUT2D eigenvalue weighted by Gasteiger charge is 2.09. The van der Waals surface area contributed by atoms with Crippen LogP contribution in [0.4, 0.5) is 5.69 Å². The van der Waals surface area contributed by atoms with E-state index < -0.39 is 5.97 Å². The van der Waals surface area contributed by atoms with Gasteiger partial charge in [0.2, 0.25) is 5.76 Å². The summed E-state index contributed by atoms with van der Waals surface area (Å²) in [5, 5.41) is 12.0. The Labute approximate surface area is 117 Å². The maximum atomic E-state index is 10.7. The number of carboxylic acid groups (broad SMARTS) is 1. The predicted molar refractivity (Wildman–Crippen MR) is 75.3 cm³/mol. The molecule has 1 heterocycles. The van der Waals surface area contributed by atoms with Crippen LogP contribution in [0.15, 0.2) is 34.7 Å². The highest BCUT2D eigenvalue weighted by molar-refractivity contribution is 5.84. The van der Waals surface area contributed by atoms with E-state index in [0.717, 1.165) is 17.0 Å². The van der Waals surface area contributed by atoms with Gasteiger partial charge in [-0.25, -0.2) is 4.79 Å². The quantitative estimate of drug-likeness (QED) is 0.846. The van der Waals surface area contributed by atoms with Crippen LogP contribution >= 0.6 is 0 Å². The second kappa shape index (κ2) is 6.14. The maximum Gasteiger partial charge on any atom is 0.371 e. The second-order valence-corrected chi connectivity index (χ2v) is 4.36. The third-order valence-corrected chi connectivity index (χ3v) is 2.76. The third kappa shape index (κ3) is 3.32. The van der Waals surface area contributed by atoms with Crippen LogP contribution in [0.2, 0.25) is 0 Å². The molecule has 0 aliphatic heterocycles. The lowest BCUT2D eigenvalue weighted by molar-refractivity contribution is 0.0660. The minimum atomic E-state index is -1.07. The van der Waals surface area contributed by atoms with Crippen LogP contribution in [0.3, 0.4) is 0 Å². The fraction of sp³-hybridized carbons (Fsp3) is 0.267. The van der Waals surface area contributed by atoms with Crippen molar-refractivity contribution in [1.29, 1.82) is 0 Å². The summed E-state index contributed by atoms with van der Waals surface area (Å²) in [5.41, 5.74) is 1.97. The molecular weight excluding hydrogens is 258 g/mol. The summed E-state index contributed by atoms with van der Waals surface area (Å²) in [6.45, 7) is 4.91. The van der Waals surface area contributed by atoms with E-state index in [1.807, 2.05) is 32.0 Å². The van der Waals surface area contributed by atoms with Crippen molar-refractivity contribution < 1.29 is 19.1 Å². The van der Waals surface area contributed by atoms with Crippen molar-refractivity contribution in [2.45, 2.75) is 20.4 Å². The van der Waals surface area contributed by atoms with Crippen LogP contribution in [-0.2, 0) is 6.54 Å². The number of nitrogens with one attached hydrogen (secondary N) is 1. The maximum absolute atomic E-state index is 10.7. The number of hydrogen-bond acceptors (Lipinski definition) is 4. The van der Waals surface area contributed by atoms with Gasteiger partial charge in [-0.1, -0.05) is 6.07 Å². The summed E-state index contributed by atoms with van der Waals surface area (Å²) in [7, 11) is 0. The van der Waals surface area contributed by atoms with E-state index in [-0.39, 0.29) is 5.76 Å². The molecule has 0 aliphatic carbocycles. The average Bonchev–Trinajstić information content (AvgIpc) is 2.87. The Morgan fingerprint density at radius 2 is 2.15 bits per heavy atom. The smallest absolute Gasteiger partial charge is 0.371 e. The number of carbonyl (C=O) groups is 1. The predicted octanol–water partition coefficient (Wildman–Crippen LogP) is 3.30. The van der Waals surface area contributed by atoms with Crippen LogP contribution in [0.5, 0.6) is 5.75 Å². The zero-order chi connectivity index (χ0) is 14.5. The van der Waals surface area contributed by atoms with Gasteiger partial charge >= 0.3 is 5.97 Å². The lowest BCUT2D eigenvalue weighted by Crippen LogP contribution is -2.02. The molecule has 2 aromatic rings. The van der Waals surface area contributed by atoms with Gasteiger partial charge in [-0.05, 0) is 43.7 Å². The van der Waals surface area contributed by atoms with Crippen LogP contribution in [0.1, 0.15) is 28.8 Å². The molecule has 0 unspecified atom stereocenters. The number of ether oxygens (including phenoxy) is 1. The van der Waals surface area contributed by atoms with E-state index in [0.29, 0.717) is 18.9 Å². The molecular formula is C15H17NO4. The van der Waals surface area contributed by atoms with Gasteiger partial charge in [0, 0.05) is 0 Å². The number of aromatic carboxylic acids is 1. The minimum Gasteiger partial charge on any atom is -0.492 e. The lowest BCUT2D eigenvalue weighted by atomic mass is 10.2. The molecule has 0 radical (unpaired) electrons. The molecule has 20 heavy (non-hydrogen) atoms. The first-order chi connectivity index (χ1) is 9.60. The number of anilines is 1. The number of aryl methyl sites for hydroxylation is 1. The molecule has 0 spiro atoms. The highest BCUT2D eigenvalue weighted by atomic mass is 16.5. The summed E-state index contributed by atoms with van der Waals surface area (Å²) in [4.78, 5) is 10.7. The van der Waals surface area contributed by atoms with E-state index >= 15 is 0 Å². The first-order valence-corrected chi connectivity index (χ1v) is 6.39. The minimum absolute atomic E-state index is 0.0595. The summed E-state index contributed by atoms with van der Waals surface area (Å²) in [6.07, 6.45) is 0. The first kappa shape index (κ1) is 14.0. The molecule has 0 aliphatic rings. The largest absolute Gasteiger partial charge is 0.492 e. The van der Waals surface area contributed by atoms with Gasteiger partial charge in [0.25, 0.3) is 0 Å². The highest BCUT2D eigenvalue weighted by Crippen LogP contribution is 2.26. The molecule has 0 fully saturated rings. The van der Waals surface area contributed by atoms with Crippen molar-refractivity contribution in [2.75, 3.05) is 11.9 Å². The second-order valence-electron chi connectivity index (χ2n) is 4.36. The Hall–Kier alpha value is -2.43. The van der Waals surface area contributed by atoms with Gasteiger partial charge in [0.15, 0.2) is 0 Å². The lowest BCUT2D eigenvalue weighted by Gasteiger charge is -2.12. The number of benzene rings is 1. The van der Waals surface area contributed by atoms with Crippen molar-refractivity contribution >= 4 is 11.7 Å². The van der Waals surface area contributed by atoms with Crippen molar-refractivity contribution in [1.82, 2.24) is 0 Å². The van der Waals surface area contributed by atoms with Gasteiger partial charge in [-0.3, -0.25) is 0 Å². The molecule has 2 rings (SSSR count). The Bertz CT molecular complexity index is 604. The van der Waals surface area contributed by atoms with E-state index in [4.69, 9.17) is 14.3 Å². The summed E-state index contributed by atoms with van der Waals surface area (Å²) >= 11 is 0. The topological polar surface area (TPSA) is 71.7 Å². The van der Waals surface area contributed by atoms with Crippen molar-refractivity contribution in [2.24, 2.45) is 0 Å². The van der Waals surface area contributed by atoms with Crippen molar-refractivity contribution in [3.05, 3.63) is 47.4 Å². The number of rotatable bonds is 6. The van der Waals surface area contributed by atoms with Gasteiger partial charge in [0.05, 0.1) is 18.8 Å². The van der Waals surface area contributed by atoms with E-state index in [9.17, 15) is 4.79 Å². The van der Waals surface area contributed by atoms with Crippen LogP contribution in [0.25, 0.3) is 0 Å². The molecule has 1 aromatic carbocycles. The number of hydrogen-bond donors (Lipinski definition) is 2. The van der Waals surface area contributed by atoms with Gasteiger partial charge in [-0.2, -0.15) is 0 Å². The monoisotopic (exact) mass is 275 g/mol. The third-order valence-electron chi connectivity index (χ3n) is 2.76. The van der Waals surface area contributed by atoms with Crippen molar-refractivity contribution in [3.8, 4) is 5.75 Å². The molecule has 0 amide bonds. The molecule has 5 nitrogen and oxygen atoms in total. The summed E-state index contributed by atoms with van der Waals surface area (Å²) in [6, 6.07) is 8.95. The number of carboxylic acids is 1. The Morgan fingerprint density at radius 3 is 2.80 bits per heavy atom. The van der Waals surface area contributed by atoms with Gasteiger partial charge in [0.1, 0.15) is 11.5 Å². The van der Waals surface area contributed by atoms with Gasteiger partial charge < -0.3 is 19.6 Å². The number of furan rings is 1. The van der Waals surface area contributed by atoms with E-state index in [2.05, 4.69) is 5.32 Å². The molecule has 0 saturated heterocycles. The molecule has 1 aromatic heterocycles. The Morgan fingerprint density at radius 1 is 1.35 bits per heavy atom.